The molecule has 3 nitrogen and oxygen atoms in total. The fourth-order valence-electron chi connectivity index (χ4n) is 0.983. The summed E-state index contributed by atoms with van der Waals surface area (Å²) in [7, 11) is 0. The quantitative estimate of drug-likeness (QED) is 0.638. The number of hydrogen-bond acceptors (Lipinski definition) is 3. The molecule has 1 aliphatic heterocycles. The third-order valence-corrected chi connectivity index (χ3v) is 1.67. The number of hydrogen-bond donors (Lipinski definition) is 1. The van der Waals surface area contributed by atoms with Gasteiger partial charge in [0.2, 0.25) is 0 Å². The summed E-state index contributed by atoms with van der Waals surface area (Å²) >= 11 is 0. The van der Waals surface area contributed by atoms with E-state index >= 15 is 0 Å². The highest BCUT2D eigenvalue weighted by atomic mass is 16.5. The predicted molar refractivity (Wildman–Crippen MR) is 47.0 cm³/mol. The van der Waals surface area contributed by atoms with E-state index in [4.69, 9.17) is 9.84 Å². The molecule has 0 spiro atoms. The summed E-state index contributed by atoms with van der Waals surface area (Å²) in [6, 6.07) is 0. The van der Waals surface area contributed by atoms with Gasteiger partial charge in [-0.1, -0.05) is 6.92 Å². The monoisotopic (exact) mass is 174 g/mol. The lowest BCUT2D eigenvalue weighted by Crippen LogP contribution is -2.20. The normalized spacial score (nSPS) is 24.1. The first-order chi connectivity index (χ1) is 5.72. The standard InChI is InChI=1S/C6H12O2.C3H6O/c1-5(7)6-3-2-4-8-6;1-2-3-4/h5-7H,2-4H2,1H3;3H,2H2,1H3. The highest BCUT2D eigenvalue weighted by Gasteiger charge is 2.19. The molecule has 0 aromatic rings. The molecule has 0 aromatic carbocycles. The molecule has 1 heterocycles. The van der Waals surface area contributed by atoms with E-state index in [9.17, 15) is 4.79 Å². The fraction of sp³-hybridized carbons (Fsp3) is 0.889. The number of ether oxygens (including phenoxy) is 1. The highest BCUT2D eigenvalue weighted by molar-refractivity contribution is 5.48. The molecule has 0 radical (unpaired) electrons. The minimum atomic E-state index is -0.280. The van der Waals surface area contributed by atoms with Crippen molar-refractivity contribution in [1.29, 1.82) is 0 Å². The molecule has 1 rings (SSSR count). The van der Waals surface area contributed by atoms with Gasteiger partial charge in [-0.3, -0.25) is 0 Å². The van der Waals surface area contributed by atoms with Gasteiger partial charge in [-0.15, -0.1) is 0 Å². The minimum absolute atomic E-state index is 0.120. The van der Waals surface area contributed by atoms with Gasteiger partial charge in [0.25, 0.3) is 0 Å². The average molecular weight is 174 g/mol. The van der Waals surface area contributed by atoms with E-state index in [1.54, 1.807) is 6.92 Å². The fourth-order valence-corrected chi connectivity index (χ4v) is 0.983. The molecule has 0 aromatic heterocycles. The molecule has 3 heteroatoms. The van der Waals surface area contributed by atoms with E-state index in [0.717, 1.165) is 25.7 Å². The first kappa shape index (κ1) is 11.6. The van der Waals surface area contributed by atoms with Gasteiger partial charge in [0.05, 0.1) is 12.2 Å². The van der Waals surface area contributed by atoms with Gasteiger partial charge in [0.1, 0.15) is 6.29 Å². The van der Waals surface area contributed by atoms with Crippen LogP contribution < -0.4 is 0 Å². The number of aliphatic hydroxyl groups is 1. The molecule has 2 atom stereocenters. The summed E-state index contributed by atoms with van der Waals surface area (Å²) in [5.74, 6) is 0. The van der Waals surface area contributed by atoms with E-state index in [0.29, 0.717) is 6.42 Å². The van der Waals surface area contributed by atoms with Gasteiger partial charge in [-0.2, -0.15) is 0 Å². The minimum Gasteiger partial charge on any atom is -0.391 e. The van der Waals surface area contributed by atoms with Crippen molar-refractivity contribution in [3.8, 4) is 0 Å². The van der Waals surface area contributed by atoms with Crippen LogP contribution in [-0.4, -0.2) is 30.2 Å². The second-order valence-electron chi connectivity index (χ2n) is 2.87. The Bertz CT molecular complexity index is 106. The van der Waals surface area contributed by atoms with E-state index in [1.807, 2.05) is 6.92 Å². The molecule has 0 bridgehead atoms. The lowest BCUT2D eigenvalue weighted by molar-refractivity contribution is -0.107. The van der Waals surface area contributed by atoms with Crippen molar-refractivity contribution in [2.75, 3.05) is 6.61 Å². The van der Waals surface area contributed by atoms with Crippen molar-refractivity contribution in [3.05, 3.63) is 0 Å². The molecule has 1 saturated heterocycles. The van der Waals surface area contributed by atoms with Crippen molar-refractivity contribution < 1.29 is 14.6 Å². The zero-order valence-corrected chi connectivity index (χ0v) is 7.82. The Morgan fingerprint density at radius 2 is 2.33 bits per heavy atom. The van der Waals surface area contributed by atoms with Crippen LogP contribution in [0.5, 0.6) is 0 Å². The number of aldehydes is 1. The Kier molecular flexibility index (Phi) is 7.00. The Morgan fingerprint density at radius 3 is 2.50 bits per heavy atom. The van der Waals surface area contributed by atoms with Crippen LogP contribution >= 0.6 is 0 Å². The summed E-state index contributed by atoms with van der Waals surface area (Å²) in [6.07, 6.45) is 3.49. The first-order valence-corrected chi connectivity index (χ1v) is 4.45. The highest BCUT2D eigenvalue weighted by Crippen LogP contribution is 2.14. The van der Waals surface area contributed by atoms with E-state index in [2.05, 4.69) is 0 Å². The van der Waals surface area contributed by atoms with E-state index < -0.39 is 0 Å². The van der Waals surface area contributed by atoms with Crippen LogP contribution in [-0.2, 0) is 9.53 Å². The summed E-state index contributed by atoms with van der Waals surface area (Å²) in [5.41, 5.74) is 0. The molecular weight excluding hydrogens is 156 g/mol. The molecule has 0 saturated carbocycles. The molecule has 0 amide bonds. The Hall–Kier alpha value is -0.410. The van der Waals surface area contributed by atoms with Crippen LogP contribution in [0.1, 0.15) is 33.1 Å². The molecule has 72 valence electrons. The van der Waals surface area contributed by atoms with Gasteiger partial charge < -0.3 is 14.6 Å². The third-order valence-electron chi connectivity index (χ3n) is 1.67. The Morgan fingerprint density at radius 1 is 1.75 bits per heavy atom. The summed E-state index contributed by atoms with van der Waals surface area (Å²) in [6.45, 7) is 4.42. The van der Waals surface area contributed by atoms with Crippen molar-refractivity contribution in [2.24, 2.45) is 0 Å². The van der Waals surface area contributed by atoms with Crippen LogP contribution in [0.3, 0.4) is 0 Å². The van der Waals surface area contributed by atoms with Crippen LogP contribution in [0.2, 0.25) is 0 Å². The summed E-state index contributed by atoms with van der Waals surface area (Å²) in [5, 5.41) is 8.93. The first-order valence-electron chi connectivity index (χ1n) is 4.45. The number of carbonyl (C=O) groups is 1. The topological polar surface area (TPSA) is 46.5 Å². The van der Waals surface area contributed by atoms with Crippen molar-refractivity contribution >= 4 is 6.29 Å². The third kappa shape index (κ3) is 5.27. The van der Waals surface area contributed by atoms with Crippen molar-refractivity contribution in [2.45, 2.75) is 45.3 Å². The van der Waals surface area contributed by atoms with Gasteiger partial charge in [0.15, 0.2) is 0 Å². The maximum atomic E-state index is 9.17. The predicted octanol–water partition coefficient (Wildman–Crippen LogP) is 1.14. The summed E-state index contributed by atoms with van der Waals surface area (Å²) in [4.78, 5) is 9.17. The molecule has 1 N–H and O–H groups in total. The van der Waals surface area contributed by atoms with Gasteiger partial charge >= 0.3 is 0 Å². The molecule has 1 aliphatic rings. The Balaban J connectivity index is 0.000000261. The second kappa shape index (κ2) is 7.25. The lowest BCUT2D eigenvalue weighted by Gasteiger charge is -2.10. The number of carbonyl (C=O) groups excluding carboxylic acids is 1. The van der Waals surface area contributed by atoms with Crippen LogP contribution in [0, 0.1) is 0 Å². The SMILES string of the molecule is CC(O)C1CCCO1.CCC=O. The van der Waals surface area contributed by atoms with Crippen LogP contribution in [0.25, 0.3) is 0 Å². The smallest absolute Gasteiger partial charge is 0.119 e. The maximum absolute atomic E-state index is 9.17. The van der Waals surface area contributed by atoms with Crippen molar-refractivity contribution in [1.82, 2.24) is 0 Å². The van der Waals surface area contributed by atoms with Gasteiger partial charge in [-0.25, -0.2) is 0 Å². The zero-order valence-electron chi connectivity index (χ0n) is 7.82. The molecular formula is C9H18O3. The van der Waals surface area contributed by atoms with Crippen LogP contribution in [0.15, 0.2) is 0 Å². The molecule has 2 unspecified atom stereocenters. The number of aliphatic hydroxyl groups excluding tert-OH is 1. The molecule has 12 heavy (non-hydrogen) atoms. The zero-order chi connectivity index (χ0) is 9.40. The van der Waals surface area contributed by atoms with Crippen molar-refractivity contribution in [3.63, 3.8) is 0 Å². The summed E-state index contributed by atoms with van der Waals surface area (Å²) < 4.78 is 5.16. The lowest BCUT2D eigenvalue weighted by atomic mass is 10.2. The van der Waals surface area contributed by atoms with Gasteiger partial charge in [0, 0.05) is 13.0 Å². The van der Waals surface area contributed by atoms with Gasteiger partial charge in [-0.05, 0) is 19.8 Å². The number of rotatable bonds is 2. The Labute approximate surface area is 73.7 Å². The molecule has 0 aliphatic carbocycles. The molecule has 1 fully saturated rings. The second-order valence-corrected chi connectivity index (χ2v) is 2.87. The van der Waals surface area contributed by atoms with E-state index in [1.165, 1.54) is 0 Å². The maximum Gasteiger partial charge on any atom is 0.119 e. The van der Waals surface area contributed by atoms with Crippen LogP contribution in [0.4, 0.5) is 0 Å². The largest absolute Gasteiger partial charge is 0.391 e. The average Bonchev–Trinajstić information content (AvgIpc) is 2.57. The van der Waals surface area contributed by atoms with E-state index in [-0.39, 0.29) is 12.2 Å².